The van der Waals surface area contributed by atoms with E-state index >= 15 is 4.39 Å². The van der Waals surface area contributed by atoms with E-state index in [9.17, 15) is 14.4 Å². The molecule has 3 fully saturated rings. The molecule has 13 heteroatoms. The van der Waals surface area contributed by atoms with Crippen LogP contribution >= 0.6 is 0 Å². The lowest BCUT2D eigenvalue weighted by Crippen LogP contribution is -2.45. The Hall–Kier alpha value is -5.33. The maximum Gasteiger partial charge on any atom is 0.253 e. The third kappa shape index (κ3) is 5.96. The summed E-state index contributed by atoms with van der Waals surface area (Å²) in [6, 6.07) is 11.8. The number of hydrogen-bond acceptors (Lipinski definition) is 8. The Morgan fingerprint density at radius 2 is 1.83 bits per heavy atom. The molecular formula is C35H38FN9O3. The number of likely N-dealkylation sites (tertiary alicyclic amines) is 1. The molecule has 3 N–H and O–H groups in total. The van der Waals surface area contributed by atoms with Crippen molar-refractivity contribution in [2.75, 3.05) is 35.7 Å². The van der Waals surface area contributed by atoms with Crippen LogP contribution in [0, 0.1) is 11.7 Å². The number of allylic oxidation sites excluding steroid dienone is 1. The minimum atomic E-state index is -0.535. The van der Waals surface area contributed by atoms with Crippen LogP contribution in [0.4, 0.5) is 21.7 Å². The van der Waals surface area contributed by atoms with Gasteiger partial charge in [-0.15, -0.1) is 0 Å². The average molecular weight is 652 g/mol. The van der Waals surface area contributed by atoms with Crippen LogP contribution in [0.2, 0.25) is 0 Å². The number of nitrogens with one attached hydrogen (secondary N) is 1. The molecule has 1 aromatic carbocycles. The van der Waals surface area contributed by atoms with Gasteiger partial charge in [-0.25, -0.2) is 23.9 Å². The van der Waals surface area contributed by atoms with E-state index in [-0.39, 0.29) is 23.6 Å². The van der Waals surface area contributed by atoms with E-state index in [1.165, 1.54) is 17.4 Å². The molecule has 0 unspecified atom stereocenters. The highest BCUT2D eigenvalue weighted by atomic mass is 19.1. The molecule has 0 radical (unpaired) electrons. The molecule has 3 aliphatic rings. The van der Waals surface area contributed by atoms with Crippen LogP contribution < -0.4 is 16.1 Å². The summed E-state index contributed by atoms with van der Waals surface area (Å²) < 4.78 is 17.7. The number of nitrogen functional groups attached to an aromatic ring is 1. The number of pyridine rings is 1. The largest absolute Gasteiger partial charge is 0.382 e. The zero-order chi connectivity index (χ0) is 33.4. The van der Waals surface area contributed by atoms with Gasteiger partial charge >= 0.3 is 0 Å². The van der Waals surface area contributed by atoms with Crippen LogP contribution in [-0.4, -0.2) is 67.3 Å². The molecule has 0 bridgehead atoms. The number of benzene rings is 1. The van der Waals surface area contributed by atoms with Crippen LogP contribution in [0.1, 0.15) is 63.5 Å². The van der Waals surface area contributed by atoms with Crippen molar-refractivity contribution in [2.24, 2.45) is 5.92 Å². The first-order valence-electron chi connectivity index (χ1n) is 16.5. The average Bonchev–Trinajstić information content (AvgIpc) is 3.89. The van der Waals surface area contributed by atoms with Crippen molar-refractivity contribution >= 4 is 41.1 Å². The maximum atomic E-state index is 15.9. The van der Waals surface area contributed by atoms with Gasteiger partial charge in [0.15, 0.2) is 11.6 Å². The van der Waals surface area contributed by atoms with Crippen LogP contribution in [0.5, 0.6) is 0 Å². The second kappa shape index (κ2) is 13.1. The second-order valence-corrected chi connectivity index (χ2v) is 12.7. The smallest absolute Gasteiger partial charge is 0.253 e. The number of carbonyl (C=O) groups is 3. The van der Waals surface area contributed by atoms with E-state index in [0.29, 0.717) is 71.9 Å². The van der Waals surface area contributed by atoms with Crippen LogP contribution in [0.3, 0.4) is 0 Å². The number of carbonyl (C=O) groups excluding carboxylic acids is 3. The standard InChI is InChI=1S/C35H38FN9O3/c1-22(29-6-3-5-15-43(29)44(21-46)31-7-2-4-14-38-31)34(47)41-25-10-11-26(28(36)18-25)27-19-30(45-32(27)33(37)39-20-40-45)23-12-16-42(17-13-23)35(48)24-8-9-24/h2,4,7,10-11,14,18-21,23-24H,3,5-6,8-9,12-13,15-17H2,1H3,(H,41,47)(H2,37,39,40)/b29-22+. The molecule has 3 amide bonds. The topological polar surface area (TPSA) is 142 Å². The van der Waals surface area contributed by atoms with Crippen molar-refractivity contribution in [3.05, 3.63) is 77.8 Å². The van der Waals surface area contributed by atoms with Gasteiger partial charge in [0, 0.05) is 71.4 Å². The minimum Gasteiger partial charge on any atom is -0.382 e. The van der Waals surface area contributed by atoms with Gasteiger partial charge < -0.3 is 16.0 Å². The SMILES string of the molecule is C/C(C(=O)Nc1ccc(-c2cc(C3CCN(C(=O)C4CC4)CC3)n3ncnc(N)c23)c(F)c1)=C1/CCCCN1N(C=O)c1ccccn1. The van der Waals surface area contributed by atoms with Gasteiger partial charge in [0.2, 0.25) is 12.3 Å². The van der Waals surface area contributed by atoms with E-state index in [2.05, 4.69) is 20.4 Å². The van der Waals surface area contributed by atoms with Crippen molar-refractivity contribution in [2.45, 2.75) is 57.8 Å². The Bertz CT molecular complexity index is 1900. The molecule has 12 nitrogen and oxygen atoms in total. The normalized spacial score (nSPS) is 18.1. The van der Waals surface area contributed by atoms with Crippen molar-refractivity contribution in [3.63, 3.8) is 0 Å². The molecule has 4 aromatic rings. The highest BCUT2D eigenvalue weighted by Crippen LogP contribution is 2.39. The van der Waals surface area contributed by atoms with Gasteiger partial charge in [0.05, 0.1) is 0 Å². The summed E-state index contributed by atoms with van der Waals surface area (Å²) in [7, 11) is 0. The third-order valence-electron chi connectivity index (χ3n) is 9.64. The number of amides is 3. The Morgan fingerprint density at radius 1 is 1.02 bits per heavy atom. The summed E-state index contributed by atoms with van der Waals surface area (Å²) in [5, 5.41) is 10.5. The number of hydrazine groups is 1. The number of nitrogens with two attached hydrogens (primary N) is 1. The number of nitrogens with zero attached hydrogens (tertiary/aromatic N) is 7. The fourth-order valence-electron chi connectivity index (χ4n) is 6.90. The van der Waals surface area contributed by atoms with E-state index in [4.69, 9.17) is 5.73 Å². The number of piperidine rings is 2. The summed E-state index contributed by atoms with van der Waals surface area (Å²) >= 11 is 0. The maximum absolute atomic E-state index is 15.9. The van der Waals surface area contributed by atoms with E-state index in [1.807, 2.05) is 11.0 Å². The predicted octanol–water partition coefficient (Wildman–Crippen LogP) is 4.91. The van der Waals surface area contributed by atoms with Crippen LogP contribution in [0.15, 0.2) is 66.3 Å². The fourth-order valence-corrected chi connectivity index (χ4v) is 6.90. The summed E-state index contributed by atoms with van der Waals surface area (Å²) in [6.45, 7) is 3.61. The van der Waals surface area contributed by atoms with Gasteiger partial charge in [-0.2, -0.15) is 5.10 Å². The molecule has 5 heterocycles. The molecule has 7 rings (SSSR count). The zero-order valence-corrected chi connectivity index (χ0v) is 26.8. The number of rotatable bonds is 8. The fraction of sp³-hybridized carbons (Fsp3) is 0.371. The molecule has 1 saturated carbocycles. The second-order valence-electron chi connectivity index (χ2n) is 12.7. The highest BCUT2D eigenvalue weighted by molar-refractivity contribution is 6.04. The van der Waals surface area contributed by atoms with Gasteiger partial charge in [-0.05, 0) is 88.3 Å². The lowest BCUT2D eigenvalue weighted by Gasteiger charge is -2.38. The molecule has 248 valence electrons. The molecule has 0 spiro atoms. The predicted molar refractivity (Wildman–Crippen MR) is 179 cm³/mol. The lowest BCUT2D eigenvalue weighted by atomic mass is 9.92. The summed E-state index contributed by atoms with van der Waals surface area (Å²) in [5.41, 5.74) is 10.1. The minimum absolute atomic E-state index is 0.119. The highest BCUT2D eigenvalue weighted by Gasteiger charge is 2.36. The number of halogens is 1. The van der Waals surface area contributed by atoms with Crippen molar-refractivity contribution in [1.82, 2.24) is 29.5 Å². The summed E-state index contributed by atoms with van der Waals surface area (Å²) in [6.07, 6.45) is 9.55. The first-order chi connectivity index (χ1) is 23.3. The Balaban J connectivity index is 1.13. The van der Waals surface area contributed by atoms with Crippen molar-refractivity contribution < 1.29 is 18.8 Å². The van der Waals surface area contributed by atoms with Crippen molar-refractivity contribution in [1.29, 1.82) is 0 Å². The van der Waals surface area contributed by atoms with E-state index in [0.717, 1.165) is 44.2 Å². The van der Waals surface area contributed by atoms with Crippen LogP contribution in [-0.2, 0) is 14.4 Å². The summed E-state index contributed by atoms with van der Waals surface area (Å²) in [5.74, 6) is 0.332. The third-order valence-corrected chi connectivity index (χ3v) is 9.64. The van der Waals surface area contributed by atoms with Crippen LogP contribution in [0.25, 0.3) is 16.6 Å². The first-order valence-corrected chi connectivity index (χ1v) is 16.5. The zero-order valence-electron chi connectivity index (χ0n) is 26.8. The van der Waals surface area contributed by atoms with Gasteiger partial charge in [-0.3, -0.25) is 19.4 Å². The Kier molecular flexibility index (Phi) is 8.50. The molecule has 3 aromatic heterocycles. The number of fused-ring (bicyclic) bond motifs is 1. The summed E-state index contributed by atoms with van der Waals surface area (Å²) in [4.78, 5) is 48.6. The van der Waals surface area contributed by atoms with Gasteiger partial charge in [0.1, 0.15) is 17.7 Å². The Morgan fingerprint density at radius 3 is 2.54 bits per heavy atom. The lowest BCUT2D eigenvalue weighted by molar-refractivity contribution is -0.133. The Labute approximate surface area is 277 Å². The number of hydrogen-bond donors (Lipinski definition) is 2. The molecule has 2 aliphatic heterocycles. The molecule has 1 aliphatic carbocycles. The molecule has 2 saturated heterocycles. The van der Waals surface area contributed by atoms with E-state index < -0.39 is 11.7 Å². The molecule has 48 heavy (non-hydrogen) atoms. The van der Waals surface area contributed by atoms with Gasteiger partial charge in [0.25, 0.3) is 5.91 Å². The van der Waals surface area contributed by atoms with Crippen molar-refractivity contribution in [3.8, 4) is 11.1 Å². The number of aromatic nitrogens is 4. The first kappa shape index (κ1) is 31.3. The van der Waals surface area contributed by atoms with Gasteiger partial charge in [-0.1, -0.05) is 6.07 Å². The van der Waals surface area contributed by atoms with E-state index in [1.54, 1.807) is 53.0 Å². The quantitative estimate of drug-likeness (QED) is 0.202. The molecular weight excluding hydrogens is 613 g/mol. The number of anilines is 3. The molecule has 0 atom stereocenters. The monoisotopic (exact) mass is 651 g/mol.